The van der Waals surface area contributed by atoms with Crippen LogP contribution in [0, 0.1) is 0 Å². The number of benzene rings is 1. The third-order valence-electron chi connectivity index (χ3n) is 4.59. The van der Waals surface area contributed by atoms with Crippen LogP contribution >= 0.6 is 0 Å². The first kappa shape index (κ1) is 16.9. The largest absolute Gasteiger partial charge is 0.378 e. The van der Waals surface area contributed by atoms with E-state index >= 15 is 0 Å². The van der Waals surface area contributed by atoms with Crippen LogP contribution in [0.4, 0.5) is 0 Å². The lowest BCUT2D eigenvalue weighted by Crippen LogP contribution is -2.26. The number of aryl methyl sites for hydroxylation is 1. The van der Waals surface area contributed by atoms with Gasteiger partial charge in [0.15, 0.2) is 0 Å². The lowest BCUT2D eigenvalue weighted by Gasteiger charge is -2.21. The predicted octanol–water partition coefficient (Wildman–Crippen LogP) is 2.92. The highest BCUT2D eigenvalue weighted by atomic mass is 16.5. The van der Waals surface area contributed by atoms with Crippen LogP contribution in [0.5, 0.6) is 0 Å². The molecular formula is C18H26N4O2. The van der Waals surface area contributed by atoms with E-state index in [4.69, 9.17) is 4.74 Å². The summed E-state index contributed by atoms with van der Waals surface area (Å²) in [5.74, 6) is -0.0689. The van der Waals surface area contributed by atoms with E-state index in [2.05, 4.69) is 15.6 Å². The fourth-order valence-electron chi connectivity index (χ4n) is 3.20. The van der Waals surface area contributed by atoms with Crippen molar-refractivity contribution in [1.29, 1.82) is 0 Å². The second-order valence-electron chi connectivity index (χ2n) is 6.35. The molecule has 1 heterocycles. The van der Waals surface area contributed by atoms with Crippen molar-refractivity contribution in [1.82, 2.24) is 20.3 Å². The van der Waals surface area contributed by atoms with E-state index in [-0.39, 0.29) is 5.91 Å². The van der Waals surface area contributed by atoms with Crippen molar-refractivity contribution in [2.24, 2.45) is 0 Å². The van der Waals surface area contributed by atoms with E-state index in [0.717, 1.165) is 30.6 Å². The van der Waals surface area contributed by atoms with Crippen LogP contribution in [0.15, 0.2) is 18.2 Å². The highest BCUT2D eigenvalue weighted by Gasteiger charge is 2.13. The summed E-state index contributed by atoms with van der Waals surface area (Å²) in [5, 5.41) is 11.1. The second kappa shape index (κ2) is 8.24. The van der Waals surface area contributed by atoms with Crippen molar-refractivity contribution in [3.63, 3.8) is 0 Å². The summed E-state index contributed by atoms with van der Waals surface area (Å²) in [5.41, 5.74) is 2.33. The molecule has 6 nitrogen and oxygen atoms in total. The van der Waals surface area contributed by atoms with Crippen LogP contribution in [0.25, 0.3) is 11.0 Å². The number of carbonyl (C=O) groups is 1. The van der Waals surface area contributed by atoms with Crippen LogP contribution in [-0.2, 0) is 11.3 Å². The Bertz CT molecular complexity index is 677. The quantitative estimate of drug-likeness (QED) is 0.793. The number of ether oxygens (including phenoxy) is 1. The summed E-state index contributed by atoms with van der Waals surface area (Å²) < 4.78 is 7.69. The lowest BCUT2D eigenvalue weighted by molar-refractivity contribution is 0.0273. The molecule has 1 fully saturated rings. The molecule has 0 spiro atoms. The Morgan fingerprint density at radius 2 is 2.17 bits per heavy atom. The summed E-state index contributed by atoms with van der Waals surface area (Å²) in [6.45, 7) is 4.13. The molecule has 1 saturated carbocycles. The van der Waals surface area contributed by atoms with Crippen LogP contribution in [0.3, 0.4) is 0 Å². The van der Waals surface area contributed by atoms with Crippen LogP contribution in [0.2, 0.25) is 0 Å². The van der Waals surface area contributed by atoms with E-state index in [1.54, 1.807) is 6.07 Å². The molecule has 130 valence electrons. The number of nitrogens with zero attached hydrogens (tertiary/aromatic N) is 3. The normalized spacial score (nSPS) is 15.7. The van der Waals surface area contributed by atoms with Gasteiger partial charge in [-0.15, -0.1) is 5.10 Å². The highest BCUT2D eigenvalue weighted by Crippen LogP contribution is 2.20. The molecule has 1 aliphatic carbocycles. The van der Waals surface area contributed by atoms with Crippen molar-refractivity contribution in [3.8, 4) is 0 Å². The SMILES string of the molecule is CCn1nnc2cc(C(=O)NCCCOC3CCCCC3)ccc21. The van der Waals surface area contributed by atoms with E-state index in [0.29, 0.717) is 18.2 Å². The van der Waals surface area contributed by atoms with E-state index in [1.165, 1.54) is 32.1 Å². The average Bonchev–Trinajstić information content (AvgIpc) is 3.04. The monoisotopic (exact) mass is 330 g/mol. The van der Waals surface area contributed by atoms with Crippen LogP contribution < -0.4 is 5.32 Å². The molecule has 0 bridgehead atoms. The Labute approximate surface area is 142 Å². The molecule has 0 radical (unpaired) electrons. The van der Waals surface area contributed by atoms with Crippen molar-refractivity contribution in [2.45, 2.75) is 58.1 Å². The average molecular weight is 330 g/mol. The second-order valence-corrected chi connectivity index (χ2v) is 6.35. The summed E-state index contributed by atoms with van der Waals surface area (Å²) >= 11 is 0. The first-order chi connectivity index (χ1) is 11.8. The molecule has 0 aliphatic heterocycles. The van der Waals surface area contributed by atoms with Crippen LogP contribution in [0.1, 0.15) is 55.8 Å². The van der Waals surface area contributed by atoms with E-state index in [9.17, 15) is 4.79 Å². The Balaban J connectivity index is 1.43. The van der Waals surface area contributed by atoms with Gasteiger partial charge in [0.25, 0.3) is 5.91 Å². The predicted molar refractivity (Wildman–Crippen MR) is 93.0 cm³/mol. The number of rotatable bonds is 7. The summed E-state index contributed by atoms with van der Waals surface area (Å²) in [4.78, 5) is 12.2. The minimum atomic E-state index is -0.0689. The fraction of sp³-hybridized carbons (Fsp3) is 0.611. The van der Waals surface area contributed by atoms with Gasteiger partial charge >= 0.3 is 0 Å². The standard InChI is InChI=1S/C18H26N4O2/c1-2-22-17-10-9-14(13-16(17)20-21-22)18(23)19-11-6-12-24-15-7-4-3-5-8-15/h9-10,13,15H,2-8,11-12H2,1H3,(H,19,23). The molecule has 1 N–H and O–H groups in total. The molecule has 2 aromatic rings. The number of amides is 1. The molecule has 3 rings (SSSR count). The number of hydrogen-bond donors (Lipinski definition) is 1. The first-order valence-corrected chi connectivity index (χ1v) is 9.01. The van der Waals surface area contributed by atoms with Gasteiger partial charge in [0.05, 0.1) is 11.6 Å². The van der Waals surface area contributed by atoms with Gasteiger partial charge in [0.2, 0.25) is 0 Å². The highest BCUT2D eigenvalue weighted by molar-refractivity contribution is 5.97. The lowest BCUT2D eigenvalue weighted by atomic mass is 9.98. The number of aromatic nitrogens is 3. The Kier molecular flexibility index (Phi) is 5.80. The van der Waals surface area contributed by atoms with Gasteiger partial charge in [0.1, 0.15) is 5.52 Å². The molecule has 6 heteroatoms. The van der Waals surface area contributed by atoms with Gasteiger partial charge in [-0.25, -0.2) is 4.68 Å². The third kappa shape index (κ3) is 4.12. The van der Waals surface area contributed by atoms with Crippen molar-refractivity contribution < 1.29 is 9.53 Å². The van der Waals surface area contributed by atoms with Crippen molar-refractivity contribution in [2.75, 3.05) is 13.2 Å². The third-order valence-corrected chi connectivity index (χ3v) is 4.59. The van der Waals surface area contributed by atoms with Gasteiger partial charge in [0, 0.05) is 25.3 Å². The molecule has 1 aromatic carbocycles. The summed E-state index contributed by atoms with van der Waals surface area (Å²) in [6, 6.07) is 5.52. The maximum atomic E-state index is 12.2. The first-order valence-electron chi connectivity index (χ1n) is 9.01. The number of carbonyl (C=O) groups excluding carboxylic acids is 1. The number of hydrogen-bond acceptors (Lipinski definition) is 4. The maximum absolute atomic E-state index is 12.2. The zero-order chi connectivity index (χ0) is 16.8. The number of fused-ring (bicyclic) bond motifs is 1. The zero-order valence-corrected chi connectivity index (χ0v) is 14.3. The molecule has 1 amide bonds. The molecule has 1 aromatic heterocycles. The fourth-order valence-corrected chi connectivity index (χ4v) is 3.20. The van der Waals surface area contributed by atoms with E-state index < -0.39 is 0 Å². The van der Waals surface area contributed by atoms with Gasteiger partial charge in [-0.3, -0.25) is 4.79 Å². The molecule has 1 aliphatic rings. The van der Waals surface area contributed by atoms with Gasteiger partial charge in [-0.05, 0) is 44.4 Å². The van der Waals surface area contributed by atoms with Crippen molar-refractivity contribution >= 4 is 16.9 Å². The topological polar surface area (TPSA) is 69.0 Å². The van der Waals surface area contributed by atoms with Crippen LogP contribution in [-0.4, -0.2) is 40.2 Å². The molecule has 0 saturated heterocycles. The number of nitrogens with one attached hydrogen (secondary N) is 1. The van der Waals surface area contributed by atoms with Gasteiger partial charge in [-0.2, -0.15) is 0 Å². The molecular weight excluding hydrogens is 304 g/mol. The molecule has 0 atom stereocenters. The maximum Gasteiger partial charge on any atom is 0.251 e. The summed E-state index contributed by atoms with van der Waals surface area (Å²) in [7, 11) is 0. The minimum absolute atomic E-state index is 0.0689. The Hall–Kier alpha value is -1.95. The van der Waals surface area contributed by atoms with Crippen molar-refractivity contribution in [3.05, 3.63) is 23.8 Å². The van der Waals surface area contributed by atoms with Gasteiger partial charge < -0.3 is 10.1 Å². The molecule has 0 unspecified atom stereocenters. The minimum Gasteiger partial charge on any atom is -0.378 e. The van der Waals surface area contributed by atoms with Gasteiger partial charge in [-0.1, -0.05) is 24.5 Å². The Morgan fingerprint density at radius 1 is 1.33 bits per heavy atom. The van der Waals surface area contributed by atoms with E-state index in [1.807, 2.05) is 23.7 Å². The smallest absolute Gasteiger partial charge is 0.251 e. The Morgan fingerprint density at radius 3 is 2.96 bits per heavy atom. The molecule has 24 heavy (non-hydrogen) atoms. The zero-order valence-electron chi connectivity index (χ0n) is 14.3. The summed E-state index contributed by atoms with van der Waals surface area (Å²) in [6.07, 6.45) is 7.55.